The Morgan fingerprint density at radius 3 is 2.16 bits per heavy atom. The molecule has 0 amide bonds. The average molecular weight is 424 g/mol. The van der Waals surface area contributed by atoms with Gasteiger partial charge >= 0.3 is 5.97 Å². The molecule has 1 atom stereocenters. The van der Waals surface area contributed by atoms with Gasteiger partial charge in [-0.25, -0.2) is 0 Å². The molecule has 0 N–H and O–H groups in total. The fourth-order valence-corrected chi connectivity index (χ4v) is 3.85. The van der Waals surface area contributed by atoms with Crippen molar-refractivity contribution in [1.29, 1.82) is 0 Å². The topological polar surface area (TPSA) is 96.0 Å². The Kier molecular flexibility index (Phi) is 6.24. The normalized spacial score (nSPS) is 13.2. The molecule has 1 unspecified atom stereocenters. The summed E-state index contributed by atoms with van der Waals surface area (Å²) in [6, 6.07) is 6.30. The van der Waals surface area contributed by atoms with Crippen LogP contribution in [0.15, 0.2) is 24.3 Å². The molecule has 7 heteroatoms. The summed E-state index contributed by atoms with van der Waals surface area (Å²) in [5.41, 5.74) is 2.21. The maximum absolute atomic E-state index is 13.3. The van der Waals surface area contributed by atoms with Gasteiger partial charge in [0.25, 0.3) is 0 Å². The van der Waals surface area contributed by atoms with Crippen molar-refractivity contribution in [2.75, 3.05) is 21.3 Å². The van der Waals surface area contributed by atoms with Crippen LogP contribution in [0.2, 0.25) is 0 Å². The molecule has 0 aromatic heterocycles. The van der Waals surface area contributed by atoms with Crippen LogP contribution >= 0.6 is 0 Å². The number of hydrogen-bond acceptors (Lipinski definition) is 7. The fraction of sp³-hybridized carbons (Fsp3) is 0.333. The Hall–Kier alpha value is -3.48. The summed E-state index contributed by atoms with van der Waals surface area (Å²) in [6.45, 7) is 3.46. The molecule has 0 radical (unpaired) electrons. The fourth-order valence-electron chi connectivity index (χ4n) is 3.85. The van der Waals surface area contributed by atoms with Gasteiger partial charge in [0.15, 0.2) is 11.6 Å². The monoisotopic (exact) mass is 424 g/mol. The van der Waals surface area contributed by atoms with Crippen molar-refractivity contribution in [2.45, 2.75) is 26.7 Å². The Morgan fingerprint density at radius 2 is 1.58 bits per heavy atom. The first-order chi connectivity index (χ1) is 14.8. The second-order valence-corrected chi connectivity index (χ2v) is 7.33. The van der Waals surface area contributed by atoms with Gasteiger partial charge in [0.1, 0.15) is 23.2 Å². The molecule has 0 spiro atoms. The Labute approximate surface area is 180 Å². The van der Waals surface area contributed by atoms with Gasteiger partial charge in [0.2, 0.25) is 0 Å². The lowest BCUT2D eigenvalue weighted by Crippen LogP contribution is -2.28. The Balaban J connectivity index is 2.12. The molecule has 0 saturated heterocycles. The molecule has 3 rings (SSSR count). The van der Waals surface area contributed by atoms with Gasteiger partial charge in [-0.05, 0) is 42.7 Å². The van der Waals surface area contributed by atoms with Crippen molar-refractivity contribution < 1.29 is 33.4 Å². The molecular formula is C24H24O7. The number of esters is 1. The number of methoxy groups -OCH3 is 3. The molecule has 1 aliphatic rings. The van der Waals surface area contributed by atoms with Gasteiger partial charge in [-0.2, -0.15) is 0 Å². The van der Waals surface area contributed by atoms with Crippen molar-refractivity contribution in [2.24, 2.45) is 5.92 Å². The molecule has 2 aromatic carbocycles. The first kappa shape index (κ1) is 22.2. The van der Waals surface area contributed by atoms with E-state index in [9.17, 15) is 19.2 Å². The predicted octanol–water partition coefficient (Wildman–Crippen LogP) is 3.10. The number of hydrogen-bond donors (Lipinski definition) is 0. The summed E-state index contributed by atoms with van der Waals surface area (Å²) in [5, 5.41) is 0. The van der Waals surface area contributed by atoms with E-state index in [0.717, 1.165) is 0 Å². The van der Waals surface area contributed by atoms with Gasteiger partial charge in [0, 0.05) is 29.2 Å². The van der Waals surface area contributed by atoms with E-state index in [-0.39, 0.29) is 58.2 Å². The number of Topliss-reactive ketones (excluding diaryl/α,β-unsaturated/α-hetero) is 1. The third-order valence-corrected chi connectivity index (χ3v) is 5.62. The van der Waals surface area contributed by atoms with E-state index in [4.69, 9.17) is 14.2 Å². The largest absolute Gasteiger partial charge is 0.497 e. The molecule has 0 heterocycles. The Morgan fingerprint density at radius 1 is 0.903 bits per heavy atom. The minimum atomic E-state index is -0.966. The van der Waals surface area contributed by atoms with E-state index in [0.29, 0.717) is 16.9 Å². The van der Waals surface area contributed by atoms with Gasteiger partial charge in [-0.1, -0.05) is 6.92 Å². The van der Waals surface area contributed by atoms with Crippen LogP contribution in [-0.2, 0) is 20.7 Å². The summed E-state index contributed by atoms with van der Waals surface area (Å²) in [7, 11) is 4.12. The highest BCUT2D eigenvalue weighted by Gasteiger charge is 2.35. The van der Waals surface area contributed by atoms with Crippen LogP contribution in [0, 0.1) is 12.8 Å². The molecular weight excluding hydrogens is 400 g/mol. The average Bonchev–Trinajstić information content (AvgIpc) is 2.79. The van der Waals surface area contributed by atoms with E-state index in [1.807, 2.05) is 0 Å². The number of rotatable bonds is 7. The minimum Gasteiger partial charge on any atom is -0.497 e. The van der Waals surface area contributed by atoms with Gasteiger partial charge in [0.05, 0.1) is 26.9 Å². The summed E-state index contributed by atoms with van der Waals surface area (Å²) >= 11 is 0. The number of aryl methyl sites for hydroxylation is 1. The molecule has 0 aliphatic heterocycles. The minimum absolute atomic E-state index is 0.0898. The molecule has 0 fully saturated rings. The quantitative estimate of drug-likeness (QED) is 0.425. The highest BCUT2D eigenvalue weighted by atomic mass is 16.5. The third kappa shape index (κ3) is 3.83. The third-order valence-electron chi connectivity index (χ3n) is 5.62. The van der Waals surface area contributed by atoms with E-state index in [1.165, 1.54) is 27.4 Å². The maximum atomic E-state index is 13.3. The summed E-state index contributed by atoms with van der Waals surface area (Å²) in [6.07, 6.45) is 0.278. The number of carbonyl (C=O) groups is 4. The lowest BCUT2D eigenvalue weighted by molar-refractivity contribution is -0.149. The van der Waals surface area contributed by atoms with E-state index >= 15 is 0 Å². The zero-order chi connectivity index (χ0) is 22.9. The molecule has 1 aliphatic carbocycles. The number of carbonyl (C=O) groups excluding carboxylic acids is 4. The summed E-state index contributed by atoms with van der Waals surface area (Å²) in [4.78, 5) is 51.0. The highest BCUT2D eigenvalue weighted by Crippen LogP contribution is 2.37. The van der Waals surface area contributed by atoms with Crippen molar-refractivity contribution in [3.05, 3.63) is 57.6 Å². The van der Waals surface area contributed by atoms with Crippen LogP contribution in [0.25, 0.3) is 0 Å². The molecule has 2 aromatic rings. The first-order valence-electron chi connectivity index (χ1n) is 9.86. The zero-order valence-corrected chi connectivity index (χ0v) is 18.2. The highest BCUT2D eigenvalue weighted by molar-refractivity contribution is 6.29. The Bertz CT molecular complexity index is 1080. The standard InChI is InChI=1S/C24H24O7/c1-6-19(25)17(24(28)31-5)9-13-8-16-15(7-12(13)2)22(26)18-10-14(29-3)11-20(30-4)21(18)23(16)27/h7-8,10-11,17H,6,9H2,1-5H3. The number of fused-ring (bicyclic) bond motifs is 2. The summed E-state index contributed by atoms with van der Waals surface area (Å²) in [5.74, 6) is -1.85. The molecule has 31 heavy (non-hydrogen) atoms. The molecule has 7 nitrogen and oxygen atoms in total. The van der Waals surface area contributed by atoms with Crippen LogP contribution < -0.4 is 9.47 Å². The van der Waals surface area contributed by atoms with Crippen molar-refractivity contribution in [1.82, 2.24) is 0 Å². The smallest absolute Gasteiger partial charge is 0.316 e. The van der Waals surface area contributed by atoms with Crippen LogP contribution in [-0.4, -0.2) is 44.6 Å². The predicted molar refractivity (Wildman–Crippen MR) is 112 cm³/mol. The van der Waals surface area contributed by atoms with Crippen LogP contribution in [0.4, 0.5) is 0 Å². The van der Waals surface area contributed by atoms with Gasteiger partial charge < -0.3 is 14.2 Å². The molecule has 0 bridgehead atoms. The number of ketones is 3. The van der Waals surface area contributed by atoms with Crippen LogP contribution in [0.1, 0.15) is 56.3 Å². The number of benzene rings is 2. The zero-order valence-electron chi connectivity index (χ0n) is 18.2. The summed E-state index contributed by atoms with van der Waals surface area (Å²) < 4.78 is 15.4. The lowest BCUT2D eigenvalue weighted by Gasteiger charge is -2.23. The van der Waals surface area contributed by atoms with Crippen LogP contribution in [0.5, 0.6) is 11.5 Å². The lowest BCUT2D eigenvalue weighted by atomic mass is 9.80. The van der Waals surface area contributed by atoms with Crippen molar-refractivity contribution in [3.8, 4) is 11.5 Å². The van der Waals surface area contributed by atoms with E-state index in [1.54, 1.807) is 32.0 Å². The van der Waals surface area contributed by atoms with Gasteiger partial charge in [-0.3, -0.25) is 19.2 Å². The van der Waals surface area contributed by atoms with Crippen LogP contribution in [0.3, 0.4) is 0 Å². The van der Waals surface area contributed by atoms with E-state index < -0.39 is 11.9 Å². The van der Waals surface area contributed by atoms with Gasteiger partial charge in [-0.15, -0.1) is 0 Å². The number of ether oxygens (including phenoxy) is 3. The SMILES string of the molecule is CCC(=O)C(Cc1cc2c(cc1C)C(=O)c1cc(OC)cc(OC)c1C2=O)C(=O)OC. The van der Waals surface area contributed by atoms with Crippen molar-refractivity contribution >= 4 is 23.3 Å². The second kappa shape index (κ2) is 8.71. The molecule has 0 saturated carbocycles. The first-order valence-corrected chi connectivity index (χ1v) is 9.86. The maximum Gasteiger partial charge on any atom is 0.316 e. The van der Waals surface area contributed by atoms with E-state index in [2.05, 4.69) is 0 Å². The second-order valence-electron chi connectivity index (χ2n) is 7.33. The van der Waals surface area contributed by atoms with Crippen molar-refractivity contribution in [3.63, 3.8) is 0 Å². The molecule has 162 valence electrons.